The fourth-order valence-corrected chi connectivity index (χ4v) is 5.54. The maximum absolute atomic E-state index is 13.9. The van der Waals surface area contributed by atoms with Gasteiger partial charge in [0.05, 0.1) is 10.9 Å². The van der Waals surface area contributed by atoms with Gasteiger partial charge in [-0.1, -0.05) is 118 Å². The van der Waals surface area contributed by atoms with Gasteiger partial charge in [-0.15, -0.1) is 0 Å². The Morgan fingerprint density at radius 2 is 1.54 bits per heavy atom. The zero-order chi connectivity index (χ0) is 29.8. The number of carbonyl (C=O) groups excluding carboxylic acids is 2. The summed E-state index contributed by atoms with van der Waals surface area (Å²) >= 11 is 12.6. The SMILES string of the molecule is CCCCC(CCC)CC(=O)C(c1ccc(OCc2ccccc2)c(Cl)c1)C(C(=O)O)C(=O)Cc1ccc(Cl)cc1. The Labute approximate surface area is 252 Å². The lowest BCUT2D eigenvalue weighted by molar-refractivity contribution is -0.149. The second-order valence-corrected chi connectivity index (χ2v) is 11.3. The van der Waals surface area contributed by atoms with Gasteiger partial charge in [0.25, 0.3) is 0 Å². The quantitative estimate of drug-likeness (QED) is 0.157. The molecule has 0 spiro atoms. The van der Waals surface area contributed by atoms with Crippen molar-refractivity contribution in [2.45, 2.75) is 71.3 Å². The molecule has 0 heterocycles. The fourth-order valence-electron chi connectivity index (χ4n) is 5.17. The van der Waals surface area contributed by atoms with E-state index in [0.29, 0.717) is 28.5 Å². The molecule has 3 rings (SSSR count). The van der Waals surface area contributed by atoms with Crippen molar-refractivity contribution in [1.29, 1.82) is 0 Å². The molecule has 3 unspecified atom stereocenters. The van der Waals surface area contributed by atoms with Gasteiger partial charge in [0, 0.05) is 17.9 Å². The Kier molecular flexibility index (Phi) is 12.9. The number of carboxylic acids is 1. The van der Waals surface area contributed by atoms with Crippen LogP contribution in [0.3, 0.4) is 0 Å². The average molecular weight is 598 g/mol. The summed E-state index contributed by atoms with van der Waals surface area (Å²) in [7, 11) is 0. The first-order chi connectivity index (χ1) is 19.7. The molecule has 0 fully saturated rings. The summed E-state index contributed by atoms with van der Waals surface area (Å²) in [4.78, 5) is 40.1. The number of ketones is 2. The van der Waals surface area contributed by atoms with Gasteiger partial charge in [-0.3, -0.25) is 14.4 Å². The van der Waals surface area contributed by atoms with Gasteiger partial charge >= 0.3 is 5.97 Å². The van der Waals surface area contributed by atoms with Crippen LogP contribution in [0, 0.1) is 11.8 Å². The van der Waals surface area contributed by atoms with Crippen LogP contribution < -0.4 is 4.74 Å². The highest BCUT2D eigenvalue weighted by atomic mass is 35.5. The first-order valence-corrected chi connectivity index (χ1v) is 15.0. The molecule has 0 aliphatic carbocycles. The van der Waals surface area contributed by atoms with E-state index in [1.165, 1.54) is 0 Å². The van der Waals surface area contributed by atoms with Gasteiger partial charge < -0.3 is 9.84 Å². The van der Waals surface area contributed by atoms with E-state index in [9.17, 15) is 19.5 Å². The highest BCUT2D eigenvalue weighted by molar-refractivity contribution is 6.32. The lowest BCUT2D eigenvalue weighted by Crippen LogP contribution is -2.36. The number of halogens is 2. The summed E-state index contributed by atoms with van der Waals surface area (Å²) in [5, 5.41) is 11.1. The number of Topliss-reactive ketones (excluding diaryl/α,β-unsaturated/α-hetero) is 2. The topological polar surface area (TPSA) is 80.7 Å². The van der Waals surface area contributed by atoms with Crippen LogP contribution in [0.5, 0.6) is 5.75 Å². The molecule has 0 radical (unpaired) electrons. The van der Waals surface area contributed by atoms with Gasteiger partial charge in [0.2, 0.25) is 0 Å². The van der Waals surface area contributed by atoms with E-state index >= 15 is 0 Å². The van der Waals surface area contributed by atoms with Gasteiger partial charge in [0.15, 0.2) is 5.78 Å². The third kappa shape index (κ3) is 9.72. The van der Waals surface area contributed by atoms with Gasteiger partial charge in [-0.2, -0.15) is 0 Å². The average Bonchev–Trinajstić information content (AvgIpc) is 2.95. The molecule has 5 nitrogen and oxygen atoms in total. The molecule has 0 aliphatic rings. The molecule has 0 aliphatic heterocycles. The molecule has 1 N–H and O–H groups in total. The molecule has 0 aromatic heterocycles. The minimum absolute atomic E-state index is 0.125. The van der Waals surface area contributed by atoms with Crippen molar-refractivity contribution in [2.75, 3.05) is 0 Å². The van der Waals surface area contributed by atoms with E-state index in [1.807, 2.05) is 30.3 Å². The molecule has 3 aromatic carbocycles. The van der Waals surface area contributed by atoms with Crippen LogP contribution in [0.25, 0.3) is 0 Å². The first-order valence-electron chi connectivity index (χ1n) is 14.2. The van der Waals surface area contributed by atoms with Crippen LogP contribution in [-0.2, 0) is 27.4 Å². The van der Waals surface area contributed by atoms with Crippen LogP contribution in [0.15, 0.2) is 72.8 Å². The summed E-state index contributed by atoms with van der Waals surface area (Å²) in [6.45, 7) is 4.48. The number of hydrogen-bond acceptors (Lipinski definition) is 4. The number of carbonyl (C=O) groups is 3. The summed E-state index contributed by atoms with van der Waals surface area (Å²) < 4.78 is 5.89. The van der Waals surface area contributed by atoms with Crippen LogP contribution in [0.4, 0.5) is 0 Å². The van der Waals surface area contributed by atoms with Gasteiger partial charge in [-0.25, -0.2) is 0 Å². The maximum Gasteiger partial charge on any atom is 0.315 e. The van der Waals surface area contributed by atoms with E-state index in [2.05, 4.69) is 13.8 Å². The molecule has 41 heavy (non-hydrogen) atoms. The third-order valence-electron chi connectivity index (χ3n) is 7.29. The molecule has 218 valence electrons. The maximum atomic E-state index is 13.9. The lowest BCUT2D eigenvalue weighted by Gasteiger charge is -2.25. The zero-order valence-electron chi connectivity index (χ0n) is 23.7. The van der Waals surface area contributed by atoms with E-state index in [1.54, 1.807) is 42.5 Å². The van der Waals surface area contributed by atoms with Crippen LogP contribution >= 0.6 is 23.2 Å². The molecule has 7 heteroatoms. The molecule has 0 amide bonds. The standard InChI is InChI=1S/C34H38Cl2O5/c1-3-5-10-23(9-4-2)19-29(37)32(33(34(39)40)30(38)20-24-13-16-27(35)17-14-24)26-15-18-31(28(36)21-26)41-22-25-11-7-6-8-12-25/h6-8,11-18,21,23,32-33H,3-5,9-10,19-20,22H2,1-2H3,(H,39,40). The Bertz CT molecular complexity index is 1290. The summed E-state index contributed by atoms with van der Waals surface area (Å²) in [5.41, 5.74) is 1.99. The van der Waals surface area contributed by atoms with Gasteiger partial charge in [0.1, 0.15) is 24.1 Å². The second-order valence-electron chi connectivity index (χ2n) is 10.5. The highest BCUT2D eigenvalue weighted by Gasteiger charge is 2.40. The molecule has 3 atom stereocenters. The largest absolute Gasteiger partial charge is 0.487 e. The summed E-state index contributed by atoms with van der Waals surface area (Å²) in [5.74, 6) is -4.32. The van der Waals surface area contributed by atoms with Crippen molar-refractivity contribution >= 4 is 40.7 Å². The summed E-state index contributed by atoms with van der Waals surface area (Å²) in [6.07, 6.45) is 4.74. The van der Waals surface area contributed by atoms with Crippen molar-refractivity contribution in [3.63, 3.8) is 0 Å². The second kappa shape index (κ2) is 16.3. The molecule has 3 aromatic rings. The normalized spacial score (nSPS) is 13.3. The molecule has 0 saturated heterocycles. The minimum Gasteiger partial charge on any atom is -0.487 e. The monoisotopic (exact) mass is 596 g/mol. The number of rotatable bonds is 17. The number of unbranched alkanes of at least 4 members (excludes halogenated alkanes) is 1. The molecular formula is C34H38Cl2O5. The molecule has 0 saturated carbocycles. The Morgan fingerprint density at radius 3 is 2.15 bits per heavy atom. The zero-order valence-corrected chi connectivity index (χ0v) is 25.2. The van der Waals surface area contributed by atoms with Crippen molar-refractivity contribution in [1.82, 2.24) is 0 Å². The number of hydrogen-bond donors (Lipinski definition) is 1. The Balaban J connectivity index is 1.94. The number of aliphatic carboxylic acids is 1. The van der Waals surface area contributed by atoms with Crippen LogP contribution in [0.1, 0.15) is 75.0 Å². The first kappa shape index (κ1) is 32.4. The van der Waals surface area contributed by atoms with Crippen molar-refractivity contribution in [2.24, 2.45) is 11.8 Å². The molecule has 0 bridgehead atoms. The van der Waals surface area contributed by atoms with Crippen molar-refractivity contribution in [3.8, 4) is 5.75 Å². The van der Waals surface area contributed by atoms with E-state index in [0.717, 1.165) is 37.7 Å². The predicted octanol–water partition coefficient (Wildman–Crippen LogP) is 8.73. The minimum atomic E-state index is -1.56. The van der Waals surface area contributed by atoms with Crippen molar-refractivity contribution < 1.29 is 24.2 Å². The number of ether oxygens (including phenoxy) is 1. The van der Waals surface area contributed by atoms with E-state index in [-0.39, 0.29) is 29.6 Å². The van der Waals surface area contributed by atoms with Crippen molar-refractivity contribution in [3.05, 3.63) is 99.5 Å². The summed E-state index contributed by atoms with van der Waals surface area (Å²) in [6, 6.07) is 21.2. The fraction of sp³-hybridized carbons (Fsp3) is 0.382. The lowest BCUT2D eigenvalue weighted by atomic mass is 9.76. The van der Waals surface area contributed by atoms with Crippen LogP contribution in [-0.4, -0.2) is 22.6 Å². The number of benzene rings is 3. The Hall–Kier alpha value is -3.15. The predicted molar refractivity (Wildman–Crippen MR) is 164 cm³/mol. The Morgan fingerprint density at radius 1 is 0.829 bits per heavy atom. The molecular weight excluding hydrogens is 559 g/mol. The van der Waals surface area contributed by atoms with Crippen LogP contribution in [0.2, 0.25) is 10.0 Å². The van der Waals surface area contributed by atoms with E-state index < -0.39 is 23.6 Å². The van der Waals surface area contributed by atoms with Gasteiger partial charge in [-0.05, 0) is 46.9 Å². The smallest absolute Gasteiger partial charge is 0.315 e. The number of carboxylic acid groups (broad SMARTS) is 1. The van der Waals surface area contributed by atoms with E-state index in [4.69, 9.17) is 27.9 Å². The third-order valence-corrected chi connectivity index (χ3v) is 7.84. The highest BCUT2D eigenvalue weighted by Crippen LogP contribution is 2.36.